The normalized spacial score (nSPS) is 14.6. The van der Waals surface area contributed by atoms with Gasteiger partial charge in [-0.15, -0.1) is 0 Å². The van der Waals surface area contributed by atoms with Gasteiger partial charge in [-0.1, -0.05) is 41.4 Å². The highest BCUT2D eigenvalue weighted by Gasteiger charge is 2.32. The molecule has 2 aromatic rings. The minimum atomic E-state index is 0.121. The maximum Gasteiger partial charge on any atom is 0.225 e. The number of carbonyl (C=O) groups is 1. The van der Waals surface area contributed by atoms with Crippen molar-refractivity contribution in [3.8, 4) is 5.75 Å². The van der Waals surface area contributed by atoms with Crippen molar-refractivity contribution in [2.75, 3.05) is 19.6 Å². The van der Waals surface area contributed by atoms with Crippen LogP contribution in [0.2, 0.25) is 10.0 Å². The van der Waals surface area contributed by atoms with Crippen LogP contribution in [0.4, 0.5) is 0 Å². The van der Waals surface area contributed by atoms with Gasteiger partial charge in [-0.25, -0.2) is 0 Å². The SMILES string of the molecule is CCNC(=O)C1CN(Cc2cc(C)c(OCc3ccc(Cl)c(Cl)c3)c(C)c2)C1. The molecule has 0 saturated carbocycles. The summed E-state index contributed by atoms with van der Waals surface area (Å²) in [6, 6.07) is 9.86. The predicted octanol–water partition coefficient (Wildman–Crippen LogP) is 4.76. The summed E-state index contributed by atoms with van der Waals surface area (Å²) >= 11 is 12.0. The van der Waals surface area contributed by atoms with Crippen molar-refractivity contribution in [3.63, 3.8) is 0 Å². The first kappa shape index (κ1) is 21.0. The second kappa shape index (κ2) is 9.17. The van der Waals surface area contributed by atoms with Gasteiger partial charge in [0.2, 0.25) is 5.91 Å². The number of aryl methyl sites for hydroxylation is 2. The van der Waals surface area contributed by atoms with Crippen molar-refractivity contribution < 1.29 is 9.53 Å². The van der Waals surface area contributed by atoms with Gasteiger partial charge in [0.05, 0.1) is 16.0 Å². The molecule has 1 heterocycles. The maximum absolute atomic E-state index is 11.8. The Morgan fingerprint density at radius 2 is 1.79 bits per heavy atom. The Hall–Kier alpha value is -1.75. The summed E-state index contributed by atoms with van der Waals surface area (Å²) in [5, 5.41) is 3.97. The molecule has 4 nitrogen and oxygen atoms in total. The fourth-order valence-electron chi connectivity index (χ4n) is 3.59. The minimum absolute atomic E-state index is 0.121. The van der Waals surface area contributed by atoms with Crippen molar-refractivity contribution >= 4 is 29.1 Å². The molecule has 28 heavy (non-hydrogen) atoms. The van der Waals surface area contributed by atoms with E-state index in [-0.39, 0.29) is 11.8 Å². The number of rotatable bonds is 7. The summed E-state index contributed by atoms with van der Waals surface area (Å²) < 4.78 is 6.06. The van der Waals surface area contributed by atoms with Crippen LogP contribution in [0.5, 0.6) is 5.75 Å². The third-order valence-electron chi connectivity index (χ3n) is 4.97. The van der Waals surface area contributed by atoms with Crippen molar-refractivity contribution in [2.24, 2.45) is 5.92 Å². The zero-order valence-electron chi connectivity index (χ0n) is 16.5. The molecule has 0 atom stereocenters. The number of ether oxygens (including phenoxy) is 1. The van der Waals surface area contributed by atoms with Gasteiger partial charge in [0.25, 0.3) is 0 Å². The summed E-state index contributed by atoms with van der Waals surface area (Å²) in [5.74, 6) is 1.19. The lowest BCUT2D eigenvalue weighted by atomic mass is 9.97. The quantitative estimate of drug-likeness (QED) is 0.701. The molecule has 150 valence electrons. The van der Waals surface area contributed by atoms with Crippen LogP contribution >= 0.6 is 23.2 Å². The number of nitrogens with zero attached hydrogens (tertiary/aromatic N) is 1. The number of benzene rings is 2. The number of likely N-dealkylation sites (tertiary alicyclic amines) is 1. The average Bonchev–Trinajstić information content (AvgIpc) is 2.60. The highest BCUT2D eigenvalue weighted by atomic mass is 35.5. The standard InChI is InChI=1S/C22H26Cl2N2O2/c1-4-25-22(27)18-11-26(12-18)10-17-7-14(2)21(15(3)8-17)28-13-16-5-6-19(23)20(24)9-16/h5-9,18H,4,10-13H2,1-3H3,(H,25,27). The zero-order chi connectivity index (χ0) is 20.3. The van der Waals surface area contributed by atoms with Crippen molar-refractivity contribution in [1.29, 1.82) is 0 Å². The van der Waals surface area contributed by atoms with E-state index in [1.165, 1.54) is 5.56 Å². The van der Waals surface area contributed by atoms with Crippen LogP contribution in [0.15, 0.2) is 30.3 Å². The fraction of sp³-hybridized carbons (Fsp3) is 0.409. The van der Waals surface area contributed by atoms with Crippen LogP contribution in [-0.2, 0) is 17.9 Å². The molecule has 0 aromatic heterocycles. The lowest BCUT2D eigenvalue weighted by Gasteiger charge is -2.38. The van der Waals surface area contributed by atoms with E-state index in [1.54, 1.807) is 6.07 Å². The first-order valence-corrected chi connectivity index (χ1v) is 10.3. The van der Waals surface area contributed by atoms with Gasteiger partial charge in [0, 0.05) is 26.2 Å². The summed E-state index contributed by atoms with van der Waals surface area (Å²) in [7, 11) is 0. The number of carbonyl (C=O) groups excluding carboxylic acids is 1. The molecule has 1 aliphatic rings. The largest absolute Gasteiger partial charge is 0.488 e. The van der Waals surface area contributed by atoms with Crippen LogP contribution in [0.25, 0.3) is 0 Å². The Morgan fingerprint density at radius 1 is 1.11 bits per heavy atom. The highest BCUT2D eigenvalue weighted by Crippen LogP contribution is 2.29. The van der Waals surface area contributed by atoms with Crippen LogP contribution in [-0.4, -0.2) is 30.4 Å². The molecule has 0 spiro atoms. The van der Waals surface area contributed by atoms with E-state index in [4.69, 9.17) is 27.9 Å². The van der Waals surface area contributed by atoms with E-state index in [0.29, 0.717) is 23.2 Å². The summed E-state index contributed by atoms with van der Waals surface area (Å²) in [6.45, 7) is 9.70. The topological polar surface area (TPSA) is 41.6 Å². The monoisotopic (exact) mass is 420 g/mol. The maximum atomic E-state index is 11.8. The minimum Gasteiger partial charge on any atom is -0.488 e. The summed E-state index contributed by atoms with van der Waals surface area (Å²) in [5.41, 5.74) is 4.44. The van der Waals surface area contributed by atoms with Gasteiger partial charge in [-0.2, -0.15) is 0 Å². The molecule has 1 fully saturated rings. The molecule has 0 radical (unpaired) electrons. The van der Waals surface area contributed by atoms with Crippen LogP contribution in [0.1, 0.15) is 29.2 Å². The van der Waals surface area contributed by atoms with E-state index in [1.807, 2.05) is 19.1 Å². The van der Waals surface area contributed by atoms with Crippen molar-refractivity contribution in [3.05, 3.63) is 62.6 Å². The molecule has 1 saturated heterocycles. The molecular formula is C22H26Cl2N2O2. The molecular weight excluding hydrogens is 395 g/mol. The van der Waals surface area contributed by atoms with E-state index >= 15 is 0 Å². The molecule has 1 aliphatic heterocycles. The molecule has 3 rings (SSSR count). The predicted molar refractivity (Wildman–Crippen MR) is 114 cm³/mol. The van der Waals surface area contributed by atoms with Crippen molar-refractivity contribution in [1.82, 2.24) is 10.2 Å². The first-order valence-electron chi connectivity index (χ1n) is 9.54. The molecule has 1 amide bonds. The van der Waals surface area contributed by atoms with Crippen LogP contribution in [0, 0.1) is 19.8 Å². The number of hydrogen-bond donors (Lipinski definition) is 1. The van der Waals surface area contributed by atoms with Gasteiger partial charge in [0.15, 0.2) is 0 Å². The second-order valence-corrected chi connectivity index (χ2v) is 8.20. The van der Waals surface area contributed by atoms with E-state index in [9.17, 15) is 4.79 Å². The lowest BCUT2D eigenvalue weighted by Crippen LogP contribution is -2.52. The average molecular weight is 421 g/mol. The molecule has 1 N–H and O–H groups in total. The molecule has 0 aliphatic carbocycles. The zero-order valence-corrected chi connectivity index (χ0v) is 18.0. The smallest absolute Gasteiger partial charge is 0.225 e. The Balaban J connectivity index is 1.58. The van der Waals surface area contributed by atoms with Gasteiger partial charge in [-0.3, -0.25) is 9.69 Å². The molecule has 0 unspecified atom stereocenters. The van der Waals surface area contributed by atoms with Gasteiger partial charge in [0.1, 0.15) is 12.4 Å². The molecule has 0 bridgehead atoms. The second-order valence-electron chi connectivity index (χ2n) is 7.38. The summed E-state index contributed by atoms with van der Waals surface area (Å²) in [4.78, 5) is 14.1. The Bertz CT molecular complexity index is 841. The molecule has 2 aromatic carbocycles. The van der Waals surface area contributed by atoms with Gasteiger partial charge in [-0.05, 0) is 55.2 Å². The van der Waals surface area contributed by atoms with Gasteiger partial charge < -0.3 is 10.1 Å². The number of halogens is 2. The van der Waals surface area contributed by atoms with Crippen molar-refractivity contribution in [2.45, 2.75) is 33.9 Å². The lowest BCUT2D eigenvalue weighted by molar-refractivity contribution is -0.130. The molecule has 6 heteroatoms. The van der Waals surface area contributed by atoms with E-state index in [0.717, 1.165) is 42.1 Å². The summed E-state index contributed by atoms with van der Waals surface area (Å²) in [6.07, 6.45) is 0. The van der Waals surface area contributed by atoms with E-state index < -0.39 is 0 Å². The number of hydrogen-bond acceptors (Lipinski definition) is 3. The highest BCUT2D eigenvalue weighted by molar-refractivity contribution is 6.42. The Kier molecular flexibility index (Phi) is 6.86. The number of amides is 1. The third kappa shape index (κ3) is 4.99. The van der Waals surface area contributed by atoms with Crippen LogP contribution in [0.3, 0.4) is 0 Å². The number of nitrogens with one attached hydrogen (secondary N) is 1. The third-order valence-corrected chi connectivity index (χ3v) is 5.71. The Morgan fingerprint density at radius 3 is 2.39 bits per heavy atom. The first-order chi connectivity index (χ1) is 13.4. The van der Waals surface area contributed by atoms with E-state index in [2.05, 4.69) is 36.2 Å². The fourth-order valence-corrected chi connectivity index (χ4v) is 3.91. The Labute approximate surface area is 176 Å². The van der Waals surface area contributed by atoms with Crippen LogP contribution < -0.4 is 10.1 Å². The van der Waals surface area contributed by atoms with Gasteiger partial charge >= 0.3 is 0 Å².